The molecule has 14 heavy (non-hydrogen) atoms. The van der Waals surface area contributed by atoms with Crippen LogP contribution < -0.4 is 10.2 Å². The summed E-state index contributed by atoms with van der Waals surface area (Å²) in [5, 5.41) is 17.9. The van der Waals surface area contributed by atoms with Gasteiger partial charge in [-0.2, -0.15) is 0 Å². The van der Waals surface area contributed by atoms with Crippen LogP contribution in [0.25, 0.3) is 0 Å². The molecule has 0 fully saturated rings. The summed E-state index contributed by atoms with van der Waals surface area (Å²) in [6.07, 6.45) is 0. The van der Waals surface area contributed by atoms with Gasteiger partial charge in [0.25, 0.3) is 0 Å². The average molecular weight is 267 g/mol. The molecule has 0 bridgehead atoms. The lowest BCUT2D eigenvalue weighted by atomic mass is 9.79. The fourth-order valence-electron chi connectivity index (χ4n) is 1.07. The lowest BCUT2D eigenvalue weighted by molar-refractivity contribution is 0.337. The monoisotopic (exact) mass is 266 g/mol. The Balaban J connectivity index is 0. The van der Waals surface area contributed by atoms with E-state index in [2.05, 4.69) is 15.9 Å². The van der Waals surface area contributed by atoms with Gasteiger partial charge in [0, 0.05) is 8.32 Å². The highest BCUT2D eigenvalue weighted by Gasteiger charge is 2.20. The van der Waals surface area contributed by atoms with Gasteiger partial charge in [0.15, 0.2) is 0 Å². The molecule has 0 unspecified atom stereocenters. The van der Waals surface area contributed by atoms with Crippen LogP contribution in [-0.4, -0.2) is 23.8 Å². The Kier molecular flexibility index (Phi) is 3.91. The summed E-state index contributed by atoms with van der Waals surface area (Å²) in [6, 6.07) is 2.23. The van der Waals surface area contributed by atoms with Crippen LogP contribution in [0, 0.1) is 5.82 Å². The van der Waals surface area contributed by atoms with Crippen molar-refractivity contribution in [3.05, 3.63) is 22.4 Å². The van der Waals surface area contributed by atoms with E-state index in [0.29, 0.717) is 11.1 Å². The van der Waals surface area contributed by atoms with Gasteiger partial charge < -0.3 is 14.8 Å². The molecule has 6 heteroatoms. The van der Waals surface area contributed by atoms with Crippen LogP contribution in [0.15, 0.2) is 16.6 Å². The Hall–Kier alpha value is -0.585. The quantitative estimate of drug-likeness (QED) is 0.808. The van der Waals surface area contributed by atoms with Gasteiger partial charge in [-0.3, -0.25) is 0 Å². The molecule has 1 aromatic carbocycles. The average Bonchev–Trinajstić information content (AvgIpc) is 2.09. The number of halogens is 2. The van der Waals surface area contributed by atoms with E-state index in [0.717, 1.165) is 6.07 Å². The zero-order valence-corrected chi connectivity index (χ0v) is 9.08. The maximum absolute atomic E-state index is 12.9. The van der Waals surface area contributed by atoms with E-state index in [1.54, 1.807) is 6.92 Å². The molecule has 80 valence electrons. The van der Waals surface area contributed by atoms with Crippen molar-refractivity contribution in [2.45, 2.75) is 6.92 Å². The van der Waals surface area contributed by atoms with Gasteiger partial charge in [-0.25, -0.2) is 4.39 Å². The summed E-state index contributed by atoms with van der Waals surface area (Å²) in [6.45, 7) is 2.12. The summed E-state index contributed by atoms with van der Waals surface area (Å²) in [4.78, 5) is 0. The maximum atomic E-state index is 12.9. The van der Waals surface area contributed by atoms with Crippen molar-refractivity contribution in [1.82, 2.24) is 0 Å². The smallest absolute Gasteiger partial charge is 0.492 e. The molecule has 2 N–H and O–H groups in total. The fraction of sp³-hybridized carbons (Fsp3) is 0.250. The van der Waals surface area contributed by atoms with E-state index in [4.69, 9.17) is 14.8 Å². The molecule has 0 aliphatic heterocycles. The predicted octanol–water partition coefficient (Wildman–Crippen LogP) is 1.16. The van der Waals surface area contributed by atoms with Crippen molar-refractivity contribution < 1.29 is 22.0 Å². The highest BCUT2D eigenvalue weighted by atomic mass is 79.9. The van der Waals surface area contributed by atoms with Gasteiger partial charge in [-0.15, -0.1) is 0 Å². The van der Waals surface area contributed by atoms with Crippen LogP contribution in [0.3, 0.4) is 0 Å². The molecule has 0 saturated heterocycles. The largest absolute Gasteiger partial charge is 0.493 e. The predicted molar refractivity (Wildman–Crippen MR) is 59.3 cm³/mol. The lowest BCUT2D eigenvalue weighted by Crippen LogP contribution is -2.32. The van der Waals surface area contributed by atoms with Gasteiger partial charge in [0.2, 0.25) is 0 Å². The van der Waals surface area contributed by atoms with Crippen LogP contribution in [0.2, 0.25) is 0 Å². The number of benzene rings is 1. The Labute approximate surface area is 92.8 Å². The number of hydrogen-bond acceptors (Lipinski definition) is 3. The lowest BCUT2D eigenvalue weighted by Gasteiger charge is -2.11. The van der Waals surface area contributed by atoms with E-state index < -0.39 is 12.9 Å². The first-order chi connectivity index (χ1) is 6.56. The van der Waals surface area contributed by atoms with Gasteiger partial charge >= 0.3 is 7.12 Å². The zero-order chi connectivity index (χ0) is 10.7. The molecule has 0 aliphatic rings. The van der Waals surface area contributed by atoms with Crippen molar-refractivity contribution in [3.8, 4) is 5.75 Å². The molecular weight excluding hydrogens is 254 g/mol. The summed E-state index contributed by atoms with van der Waals surface area (Å²) < 4.78 is 18.4. The van der Waals surface area contributed by atoms with Crippen molar-refractivity contribution in [2.24, 2.45) is 0 Å². The second-order valence-electron chi connectivity index (χ2n) is 2.61. The summed E-state index contributed by atoms with van der Waals surface area (Å²) >= 11 is 3.08. The SMILES string of the molecule is CCOc1c(Br)cc(F)cc1B(O)O.[HH].[HH]. The standard InChI is InChI=1S/C8H9BBrFO3.2H2/c1-2-14-8-6(9(12)13)3-5(11)4-7(8)10;;/h3-4,12-13H,2H2,1H3;2*1H. The third-order valence-electron chi connectivity index (χ3n) is 1.60. The second kappa shape index (κ2) is 4.77. The molecular formula is C8H13BBrFO3. The van der Waals surface area contributed by atoms with E-state index in [1.165, 1.54) is 6.07 Å². The number of hydrogen-bond donors (Lipinski definition) is 2. The highest BCUT2D eigenvalue weighted by Crippen LogP contribution is 2.24. The van der Waals surface area contributed by atoms with Crippen molar-refractivity contribution in [2.75, 3.05) is 6.61 Å². The van der Waals surface area contributed by atoms with Gasteiger partial charge in [0.05, 0.1) is 11.1 Å². The van der Waals surface area contributed by atoms with Crippen molar-refractivity contribution in [1.29, 1.82) is 0 Å². The van der Waals surface area contributed by atoms with E-state index in [-0.39, 0.29) is 14.1 Å². The highest BCUT2D eigenvalue weighted by molar-refractivity contribution is 9.10. The van der Waals surface area contributed by atoms with Gasteiger partial charge in [-0.1, -0.05) is 0 Å². The Bertz CT molecular complexity index is 341. The Morgan fingerprint density at radius 2 is 2.21 bits per heavy atom. The minimum absolute atomic E-state index is 0. The van der Waals surface area contributed by atoms with Crippen molar-refractivity contribution >= 4 is 28.5 Å². The second-order valence-corrected chi connectivity index (χ2v) is 3.47. The molecule has 1 rings (SSSR count). The Morgan fingerprint density at radius 1 is 1.57 bits per heavy atom. The van der Waals surface area contributed by atoms with Crippen LogP contribution >= 0.6 is 15.9 Å². The van der Waals surface area contributed by atoms with Crippen LogP contribution in [0.4, 0.5) is 4.39 Å². The third-order valence-corrected chi connectivity index (χ3v) is 2.19. The minimum Gasteiger partial charge on any atom is -0.493 e. The molecule has 0 spiro atoms. The van der Waals surface area contributed by atoms with E-state index in [1.807, 2.05) is 0 Å². The minimum atomic E-state index is -1.75. The first-order valence-electron chi connectivity index (χ1n) is 4.04. The maximum Gasteiger partial charge on any atom is 0.492 e. The molecule has 0 aromatic heterocycles. The molecule has 0 radical (unpaired) electrons. The molecule has 0 amide bonds. The first-order valence-corrected chi connectivity index (χ1v) is 4.83. The topological polar surface area (TPSA) is 49.7 Å². The summed E-state index contributed by atoms with van der Waals surface area (Å²) in [5.41, 5.74) is 0.0127. The summed E-state index contributed by atoms with van der Waals surface area (Å²) in [7, 11) is -1.75. The Morgan fingerprint density at radius 3 is 2.71 bits per heavy atom. The van der Waals surface area contributed by atoms with Crippen LogP contribution in [-0.2, 0) is 0 Å². The number of ether oxygens (including phenoxy) is 1. The van der Waals surface area contributed by atoms with E-state index in [9.17, 15) is 4.39 Å². The first kappa shape index (κ1) is 11.5. The molecule has 0 atom stereocenters. The van der Waals surface area contributed by atoms with Crippen molar-refractivity contribution in [3.63, 3.8) is 0 Å². The molecule has 0 heterocycles. The normalized spacial score (nSPS) is 10.1. The zero-order valence-electron chi connectivity index (χ0n) is 7.50. The number of rotatable bonds is 3. The van der Waals surface area contributed by atoms with Crippen LogP contribution in [0.5, 0.6) is 5.75 Å². The molecule has 1 aromatic rings. The fourth-order valence-corrected chi connectivity index (χ4v) is 1.63. The summed E-state index contributed by atoms with van der Waals surface area (Å²) in [5.74, 6) is -0.299. The van der Waals surface area contributed by atoms with Crippen LogP contribution in [0.1, 0.15) is 9.78 Å². The third kappa shape index (κ3) is 2.46. The molecule has 3 nitrogen and oxygen atoms in total. The van der Waals surface area contributed by atoms with Gasteiger partial charge in [-0.05, 0) is 35.0 Å². The molecule has 0 saturated carbocycles. The van der Waals surface area contributed by atoms with Gasteiger partial charge in [0.1, 0.15) is 11.6 Å². The van der Waals surface area contributed by atoms with E-state index >= 15 is 0 Å². The molecule has 0 aliphatic carbocycles.